The average molecular weight is 258 g/mol. The second-order valence-corrected chi connectivity index (χ2v) is 5.61. The molecule has 0 aliphatic carbocycles. The highest BCUT2D eigenvalue weighted by Gasteiger charge is 2.14. The fourth-order valence-electron chi connectivity index (χ4n) is 1.89. The van der Waals surface area contributed by atoms with Crippen molar-refractivity contribution in [3.63, 3.8) is 0 Å². The first-order valence-electron chi connectivity index (χ1n) is 5.73. The summed E-state index contributed by atoms with van der Waals surface area (Å²) in [6.45, 7) is 4.86. The molecule has 4 nitrogen and oxygen atoms in total. The van der Waals surface area contributed by atoms with Gasteiger partial charge in [0.1, 0.15) is 0 Å². The Morgan fingerprint density at radius 3 is 2.41 bits per heavy atom. The van der Waals surface area contributed by atoms with Crippen molar-refractivity contribution >= 4 is 22.2 Å². The van der Waals surface area contributed by atoms with Crippen molar-refractivity contribution in [3.8, 4) is 0 Å². The molecule has 1 heterocycles. The molecule has 1 fully saturated rings. The van der Waals surface area contributed by atoms with Crippen molar-refractivity contribution in [2.45, 2.75) is 6.92 Å². The van der Waals surface area contributed by atoms with E-state index >= 15 is 0 Å². The third kappa shape index (κ3) is 3.71. The Morgan fingerprint density at radius 1 is 1.29 bits per heavy atom. The van der Waals surface area contributed by atoms with Gasteiger partial charge in [0.25, 0.3) is 0 Å². The van der Waals surface area contributed by atoms with Crippen LogP contribution >= 0.6 is 0 Å². The third-order valence-electron chi connectivity index (χ3n) is 2.79. The summed E-state index contributed by atoms with van der Waals surface area (Å²) in [6, 6.07) is 8.47. The van der Waals surface area contributed by atoms with Crippen LogP contribution in [0.1, 0.15) is 8.35 Å². The van der Waals surface area contributed by atoms with Crippen LogP contribution < -0.4 is 10.2 Å². The first kappa shape index (κ1) is 14.0. The van der Waals surface area contributed by atoms with Crippen LogP contribution in [0.2, 0.25) is 0 Å². The van der Waals surface area contributed by atoms with Crippen molar-refractivity contribution < 1.29 is 11.1 Å². The maximum absolute atomic E-state index is 11.3. The zero-order valence-corrected chi connectivity index (χ0v) is 10.9. The van der Waals surface area contributed by atoms with Gasteiger partial charge in [0.2, 0.25) is 0 Å². The quantitative estimate of drug-likeness (QED) is 0.883. The van der Waals surface area contributed by atoms with Crippen molar-refractivity contribution in [1.29, 1.82) is 0 Å². The van der Waals surface area contributed by atoms with Crippen LogP contribution in [-0.2, 0) is 10.8 Å². The number of nitrogens with one attached hydrogen (secondary N) is 1. The van der Waals surface area contributed by atoms with E-state index in [4.69, 9.17) is 0 Å². The van der Waals surface area contributed by atoms with Crippen LogP contribution in [0.4, 0.5) is 11.4 Å². The molecule has 0 radical (unpaired) electrons. The lowest BCUT2D eigenvalue weighted by Crippen LogP contribution is -2.37. The van der Waals surface area contributed by atoms with Gasteiger partial charge < -0.3 is 15.7 Å². The van der Waals surface area contributed by atoms with Crippen LogP contribution in [0.5, 0.6) is 0 Å². The second-order valence-electron chi connectivity index (χ2n) is 3.91. The summed E-state index contributed by atoms with van der Waals surface area (Å²) in [5.74, 6) is 1.60. The van der Waals surface area contributed by atoms with E-state index in [0.29, 0.717) is 0 Å². The molecule has 98 valence electrons. The van der Waals surface area contributed by atoms with Gasteiger partial charge in [-0.2, -0.15) is 0 Å². The summed E-state index contributed by atoms with van der Waals surface area (Å²) < 4.78 is 11.3. The monoisotopic (exact) mass is 258 g/mol. The fraction of sp³-hybridized carbons (Fsp3) is 0.500. The van der Waals surface area contributed by atoms with Gasteiger partial charge in [-0.15, -0.1) is 0 Å². The minimum Gasteiger partial charge on any atom is -0.412 e. The molecule has 17 heavy (non-hydrogen) atoms. The molecule has 1 saturated heterocycles. The number of rotatable bonds is 3. The Labute approximate surface area is 106 Å². The molecule has 0 amide bonds. The smallest absolute Gasteiger partial charge is 0.0411 e. The van der Waals surface area contributed by atoms with E-state index in [2.05, 4.69) is 41.4 Å². The molecule has 1 aliphatic heterocycles. The molecular weight excluding hydrogens is 236 g/mol. The van der Waals surface area contributed by atoms with Crippen LogP contribution in [0.3, 0.4) is 0 Å². The van der Waals surface area contributed by atoms with E-state index in [1.807, 2.05) is 0 Å². The number of hydrogen-bond acceptors (Lipinski definition) is 3. The highest BCUT2D eigenvalue weighted by Crippen LogP contribution is 2.19. The molecule has 3 N–H and O–H groups in total. The van der Waals surface area contributed by atoms with Crippen molar-refractivity contribution in [3.05, 3.63) is 24.3 Å². The number of nitrogens with zero attached hydrogens (tertiary/aromatic N) is 1. The predicted molar refractivity (Wildman–Crippen MR) is 76.4 cm³/mol. The van der Waals surface area contributed by atoms with Gasteiger partial charge >= 0.3 is 0 Å². The molecule has 0 atom stereocenters. The molecule has 1 aliphatic rings. The van der Waals surface area contributed by atoms with Crippen molar-refractivity contribution in [2.24, 2.45) is 0 Å². The topological polar surface area (TPSA) is 63.8 Å². The van der Waals surface area contributed by atoms with E-state index < -0.39 is 10.8 Å². The van der Waals surface area contributed by atoms with Gasteiger partial charge in [0, 0.05) is 54.7 Å². The molecule has 0 saturated carbocycles. The average Bonchev–Trinajstić information content (AvgIpc) is 2.32. The lowest BCUT2D eigenvalue weighted by Gasteiger charge is -2.28. The predicted octanol–water partition coefficient (Wildman–Crippen LogP) is 1.11. The Kier molecular flexibility index (Phi) is 5.44. The number of anilines is 2. The first-order chi connectivity index (χ1) is 7.79. The SMILES string of the molecule is CCNc1ccc(N2CCS(=O)CC2)cc1.O.[HH]. The van der Waals surface area contributed by atoms with E-state index in [0.717, 1.165) is 36.8 Å². The molecule has 0 bridgehead atoms. The molecule has 5 heteroatoms. The zero-order chi connectivity index (χ0) is 11.4. The number of hydrogen-bond donors (Lipinski definition) is 1. The Hall–Kier alpha value is -1.07. The zero-order valence-electron chi connectivity index (χ0n) is 10.1. The maximum atomic E-state index is 11.3. The summed E-state index contributed by atoms with van der Waals surface area (Å²) >= 11 is 0. The van der Waals surface area contributed by atoms with E-state index in [1.165, 1.54) is 5.69 Å². The standard InChI is InChI=1S/C12H18N2OS.H2O.H2/c1-2-13-11-3-5-12(6-4-11)14-7-9-16(15)10-8-14;;/h3-6,13H,2,7-10H2,1H3;1H2;1H. The van der Waals surface area contributed by atoms with E-state index in [1.54, 1.807) is 0 Å². The summed E-state index contributed by atoms with van der Waals surface area (Å²) in [4.78, 5) is 2.30. The van der Waals surface area contributed by atoms with Gasteiger partial charge in [-0.3, -0.25) is 4.21 Å². The Bertz CT molecular complexity index is 363. The fourth-order valence-corrected chi connectivity index (χ4v) is 2.94. The number of benzene rings is 1. The third-order valence-corrected chi connectivity index (χ3v) is 4.07. The van der Waals surface area contributed by atoms with Crippen LogP contribution in [0.15, 0.2) is 24.3 Å². The Balaban J connectivity index is 0.00000144. The molecule has 0 aromatic heterocycles. The lowest BCUT2D eigenvalue weighted by molar-refractivity contribution is 0.673. The lowest BCUT2D eigenvalue weighted by atomic mass is 10.2. The first-order valence-corrected chi connectivity index (χ1v) is 7.22. The Morgan fingerprint density at radius 2 is 1.88 bits per heavy atom. The van der Waals surface area contributed by atoms with Crippen LogP contribution in [0, 0.1) is 0 Å². The van der Waals surface area contributed by atoms with Gasteiger partial charge in [0.05, 0.1) is 0 Å². The summed E-state index contributed by atoms with van der Waals surface area (Å²) in [5, 5.41) is 3.28. The minimum absolute atomic E-state index is 0. The summed E-state index contributed by atoms with van der Waals surface area (Å²) in [7, 11) is -0.596. The van der Waals surface area contributed by atoms with Gasteiger partial charge in [-0.25, -0.2) is 0 Å². The largest absolute Gasteiger partial charge is 0.412 e. The van der Waals surface area contributed by atoms with Crippen molar-refractivity contribution in [1.82, 2.24) is 0 Å². The summed E-state index contributed by atoms with van der Waals surface area (Å²) in [5.41, 5.74) is 2.39. The maximum Gasteiger partial charge on any atom is 0.0411 e. The second kappa shape index (κ2) is 6.61. The molecule has 2 rings (SSSR count). The molecule has 1 aromatic rings. The molecule has 0 spiro atoms. The van der Waals surface area contributed by atoms with Gasteiger partial charge in [0.15, 0.2) is 0 Å². The highest BCUT2D eigenvalue weighted by atomic mass is 32.2. The molecule has 1 aromatic carbocycles. The minimum atomic E-state index is -0.596. The van der Waals surface area contributed by atoms with Crippen LogP contribution in [-0.4, -0.2) is 40.8 Å². The van der Waals surface area contributed by atoms with E-state index in [-0.39, 0.29) is 6.90 Å². The van der Waals surface area contributed by atoms with Crippen LogP contribution in [0.25, 0.3) is 0 Å². The van der Waals surface area contributed by atoms with Crippen molar-refractivity contribution in [2.75, 3.05) is 41.4 Å². The van der Waals surface area contributed by atoms with Gasteiger partial charge in [-0.1, -0.05) is 0 Å². The van der Waals surface area contributed by atoms with Gasteiger partial charge in [-0.05, 0) is 31.2 Å². The molecular formula is C12H22N2O2S. The normalized spacial score (nSPS) is 16.4. The molecule has 0 unspecified atom stereocenters. The summed E-state index contributed by atoms with van der Waals surface area (Å²) in [6.07, 6.45) is 0. The van der Waals surface area contributed by atoms with E-state index in [9.17, 15) is 4.21 Å². The highest BCUT2D eigenvalue weighted by molar-refractivity contribution is 7.85.